The SMILES string of the molecule is CC(C)(NC(=O)c1nc[nH]c1C(=O)O)C1CC1. The minimum absolute atomic E-state index is 0.0637. The van der Waals surface area contributed by atoms with Crippen LogP contribution in [0.25, 0.3) is 0 Å². The second kappa shape index (κ2) is 3.87. The molecule has 3 N–H and O–H groups in total. The Hall–Kier alpha value is -1.85. The maximum absolute atomic E-state index is 11.9. The average Bonchev–Trinajstić information content (AvgIpc) is 2.95. The van der Waals surface area contributed by atoms with Crippen molar-refractivity contribution in [2.75, 3.05) is 0 Å². The van der Waals surface area contributed by atoms with Gasteiger partial charge >= 0.3 is 5.97 Å². The third-order valence-electron chi connectivity index (χ3n) is 3.10. The molecule has 92 valence electrons. The van der Waals surface area contributed by atoms with Gasteiger partial charge in [-0.2, -0.15) is 0 Å². The molecule has 1 aliphatic rings. The molecule has 6 heteroatoms. The van der Waals surface area contributed by atoms with E-state index in [1.807, 2.05) is 13.8 Å². The van der Waals surface area contributed by atoms with Crippen LogP contribution in [0.15, 0.2) is 6.33 Å². The second-order valence-corrected chi connectivity index (χ2v) is 4.88. The first-order valence-corrected chi connectivity index (χ1v) is 5.51. The second-order valence-electron chi connectivity index (χ2n) is 4.88. The summed E-state index contributed by atoms with van der Waals surface area (Å²) in [6.07, 6.45) is 3.40. The van der Waals surface area contributed by atoms with Crippen molar-refractivity contribution in [2.45, 2.75) is 32.2 Å². The quantitative estimate of drug-likeness (QED) is 0.728. The maximum Gasteiger partial charge on any atom is 0.354 e. The van der Waals surface area contributed by atoms with Crippen molar-refractivity contribution < 1.29 is 14.7 Å². The average molecular weight is 237 g/mol. The van der Waals surface area contributed by atoms with Crippen molar-refractivity contribution in [1.82, 2.24) is 15.3 Å². The van der Waals surface area contributed by atoms with Crippen molar-refractivity contribution in [3.63, 3.8) is 0 Å². The lowest BCUT2D eigenvalue weighted by Crippen LogP contribution is -2.45. The van der Waals surface area contributed by atoms with E-state index in [1.54, 1.807) is 0 Å². The maximum atomic E-state index is 11.9. The van der Waals surface area contributed by atoms with E-state index in [9.17, 15) is 9.59 Å². The number of imidazole rings is 1. The monoisotopic (exact) mass is 237 g/mol. The van der Waals surface area contributed by atoms with Crippen LogP contribution in [-0.4, -0.2) is 32.5 Å². The molecule has 0 radical (unpaired) electrons. The summed E-state index contributed by atoms with van der Waals surface area (Å²) in [6, 6.07) is 0. The fourth-order valence-electron chi connectivity index (χ4n) is 1.89. The highest BCUT2D eigenvalue weighted by atomic mass is 16.4. The van der Waals surface area contributed by atoms with E-state index in [4.69, 9.17) is 5.11 Å². The Morgan fingerprint density at radius 1 is 1.53 bits per heavy atom. The third kappa shape index (κ3) is 2.30. The Labute approximate surface area is 98.4 Å². The van der Waals surface area contributed by atoms with Crippen molar-refractivity contribution in [3.8, 4) is 0 Å². The summed E-state index contributed by atoms with van der Waals surface area (Å²) >= 11 is 0. The van der Waals surface area contributed by atoms with Crippen LogP contribution in [0.1, 0.15) is 47.7 Å². The predicted octanol–water partition coefficient (Wildman–Crippen LogP) is 1.03. The molecule has 0 saturated heterocycles. The fourth-order valence-corrected chi connectivity index (χ4v) is 1.89. The number of carbonyl (C=O) groups is 2. The minimum Gasteiger partial charge on any atom is -0.477 e. The van der Waals surface area contributed by atoms with Gasteiger partial charge in [-0.25, -0.2) is 9.78 Å². The zero-order chi connectivity index (χ0) is 12.6. The molecule has 0 aliphatic heterocycles. The summed E-state index contributed by atoms with van der Waals surface area (Å²) in [5.74, 6) is -1.16. The Kier molecular flexibility index (Phi) is 2.65. The van der Waals surface area contributed by atoms with E-state index in [2.05, 4.69) is 15.3 Å². The molecule has 17 heavy (non-hydrogen) atoms. The standard InChI is InChI=1S/C11H15N3O3/c1-11(2,6-3-4-6)14-9(15)7-8(10(16)17)13-5-12-7/h5-6H,3-4H2,1-2H3,(H,12,13)(H,14,15)(H,16,17). The van der Waals surface area contributed by atoms with Crippen LogP contribution in [0.2, 0.25) is 0 Å². The zero-order valence-corrected chi connectivity index (χ0v) is 9.78. The molecule has 0 aromatic carbocycles. The fraction of sp³-hybridized carbons (Fsp3) is 0.545. The lowest BCUT2D eigenvalue weighted by Gasteiger charge is -2.25. The molecule has 0 spiro atoms. The van der Waals surface area contributed by atoms with Crippen LogP contribution in [0.5, 0.6) is 0 Å². The van der Waals surface area contributed by atoms with Gasteiger partial charge in [0.2, 0.25) is 0 Å². The number of H-pyrrole nitrogens is 1. The summed E-state index contributed by atoms with van der Waals surface area (Å²) in [4.78, 5) is 29.0. The van der Waals surface area contributed by atoms with Gasteiger partial charge in [-0.15, -0.1) is 0 Å². The molecular weight excluding hydrogens is 222 g/mol. The van der Waals surface area contributed by atoms with Gasteiger partial charge in [0.15, 0.2) is 11.4 Å². The number of nitrogens with one attached hydrogen (secondary N) is 2. The number of rotatable bonds is 4. The summed E-state index contributed by atoms with van der Waals surface area (Å²) in [6.45, 7) is 3.88. The minimum atomic E-state index is -1.18. The van der Waals surface area contributed by atoms with Gasteiger partial charge in [-0.3, -0.25) is 4.79 Å². The summed E-state index contributed by atoms with van der Waals surface area (Å²) < 4.78 is 0. The van der Waals surface area contributed by atoms with Crippen LogP contribution in [0.3, 0.4) is 0 Å². The highest BCUT2D eigenvalue weighted by molar-refractivity contribution is 6.02. The molecular formula is C11H15N3O3. The van der Waals surface area contributed by atoms with Crippen molar-refractivity contribution in [3.05, 3.63) is 17.7 Å². The van der Waals surface area contributed by atoms with E-state index < -0.39 is 11.9 Å². The number of aromatic nitrogens is 2. The largest absolute Gasteiger partial charge is 0.477 e. The number of carboxylic acid groups (broad SMARTS) is 1. The van der Waals surface area contributed by atoms with Crippen LogP contribution in [0, 0.1) is 5.92 Å². The zero-order valence-electron chi connectivity index (χ0n) is 9.78. The lowest BCUT2D eigenvalue weighted by molar-refractivity contribution is 0.0683. The molecule has 1 saturated carbocycles. The van der Waals surface area contributed by atoms with Crippen LogP contribution >= 0.6 is 0 Å². The van der Waals surface area contributed by atoms with Gasteiger partial charge in [0, 0.05) is 5.54 Å². The third-order valence-corrected chi connectivity index (χ3v) is 3.10. The van der Waals surface area contributed by atoms with Gasteiger partial charge < -0.3 is 15.4 Å². The van der Waals surface area contributed by atoms with Crippen LogP contribution in [0.4, 0.5) is 0 Å². The van der Waals surface area contributed by atoms with E-state index in [1.165, 1.54) is 6.33 Å². The molecule has 1 heterocycles. The number of amides is 1. The molecule has 1 amide bonds. The van der Waals surface area contributed by atoms with E-state index in [-0.39, 0.29) is 16.9 Å². The molecule has 0 bridgehead atoms. The molecule has 6 nitrogen and oxygen atoms in total. The van der Waals surface area contributed by atoms with Gasteiger partial charge in [0.05, 0.1) is 6.33 Å². The Morgan fingerprint density at radius 2 is 2.18 bits per heavy atom. The summed E-state index contributed by atoms with van der Waals surface area (Å²) in [5.41, 5.74) is -0.549. The summed E-state index contributed by atoms with van der Waals surface area (Å²) in [7, 11) is 0. The first-order valence-electron chi connectivity index (χ1n) is 5.51. The first-order chi connectivity index (χ1) is 7.92. The van der Waals surface area contributed by atoms with E-state index in [0.717, 1.165) is 12.8 Å². The number of carbonyl (C=O) groups excluding carboxylic acids is 1. The molecule has 2 rings (SSSR count). The lowest BCUT2D eigenvalue weighted by atomic mass is 9.98. The molecule has 1 aliphatic carbocycles. The summed E-state index contributed by atoms with van der Waals surface area (Å²) in [5, 5.41) is 11.7. The van der Waals surface area contributed by atoms with E-state index in [0.29, 0.717) is 5.92 Å². The number of hydrogen-bond donors (Lipinski definition) is 3. The number of carboxylic acids is 1. The van der Waals surface area contributed by atoms with Gasteiger partial charge in [-0.05, 0) is 32.6 Å². The molecule has 1 aromatic rings. The van der Waals surface area contributed by atoms with Crippen molar-refractivity contribution >= 4 is 11.9 Å². The smallest absolute Gasteiger partial charge is 0.354 e. The molecule has 0 atom stereocenters. The topological polar surface area (TPSA) is 95.1 Å². The molecule has 0 unspecified atom stereocenters. The van der Waals surface area contributed by atoms with Crippen molar-refractivity contribution in [1.29, 1.82) is 0 Å². The van der Waals surface area contributed by atoms with Crippen LogP contribution in [-0.2, 0) is 0 Å². The highest BCUT2D eigenvalue weighted by Gasteiger charge is 2.39. The van der Waals surface area contributed by atoms with Crippen LogP contribution < -0.4 is 5.32 Å². The molecule has 1 fully saturated rings. The number of nitrogens with zero attached hydrogens (tertiary/aromatic N) is 1. The highest BCUT2D eigenvalue weighted by Crippen LogP contribution is 2.39. The first kappa shape index (κ1) is 11.6. The van der Waals surface area contributed by atoms with Crippen molar-refractivity contribution in [2.24, 2.45) is 5.92 Å². The van der Waals surface area contributed by atoms with Gasteiger partial charge in [-0.1, -0.05) is 0 Å². The predicted molar refractivity (Wildman–Crippen MR) is 59.8 cm³/mol. The Bertz CT molecular complexity index is 460. The number of hydrogen-bond acceptors (Lipinski definition) is 3. The molecule has 1 aromatic heterocycles. The van der Waals surface area contributed by atoms with Gasteiger partial charge in [0.25, 0.3) is 5.91 Å². The van der Waals surface area contributed by atoms with E-state index >= 15 is 0 Å². The van der Waals surface area contributed by atoms with Gasteiger partial charge in [0.1, 0.15) is 0 Å². The normalized spacial score (nSPS) is 15.6. The Morgan fingerprint density at radius 3 is 2.71 bits per heavy atom. The Balaban J connectivity index is 2.14. The number of aromatic amines is 1. The number of aromatic carboxylic acids is 1.